The van der Waals surface area contributed by atoms with Crippen molar-refractivity contribution in [1.29, 1.82) is 0 Å². The molecule has 1 aliphatic heterocycles. The van der Waals surface area contributed by atoms with E-state index >= 15 is 0 Å². The summed E-state index contributed by atoms with van der Waals surface area (Å²) in [5, 5.41) is 6.75. The second-order valence-electron chi connectivity index (χ2n) is 5.56. The Kier molecular flexibility index (Phi) is 7.41. The van der Waals surface area contributed by atoms with Crippen molar-refractivity contribution in [2.24, 2.45) is 10.9 Å². The first kappa shape index (κ1) is 16.8. The summed E-state index contributed by atoms with van der Waals surface area (Å²) in [6, 6.07) is 0.303. The zero-order valence-corrected chi connectivity index (χ0v) is 13.4. The summed E-state index contributed by atoms with van der Waals surface area (Å²) in [5.41, 5.74) is 0. The zero-order chi connectivity index (χ0) is 15.0. The number of carbonyl (C=O) groups excluding carboxylic acids is 1. The maximum Gasteiger partial charge on any atom is 0.222 e. The van der Waals surface area contributed by atoms with Crippen molar-refractivity contribution in [2.75, 3.05) is 26.7 Å². The summed E-state index contributed by atoms with van der Waals surface area (Å²) in [5.74, 6) is 1.77. The fraction of sp³-hybridized carbons (Fsp3) is 0.867. The highest BCUT2D eigenvalue weighted by molar-refractivity contribution is 5.81. The van der Waals surface area contributed by atoms with Gasteiger partial charge in [0.25, 0.3) is 0 Å². The number of piperidine rings is 1. The quantitative estimate of drug-likeness (QED) is 0.575. The van der Waals surface area contributed by atoms with Gasteiger partial charge in [-0.25, -0.2) is 0 Å². The first-order chi connectivity index (χ1) is 9.60. The highest BCUT2D eigenvalue weighted by atomic mass is 16.2. The highest BCUT2D eigenvalue weighted by Gasteiger charge is 2.23. The summed E-state index contributed by atoms with van der Waals surface area (Å²) in [7, 11) is 1.87. The lowest BCUT2D eigenvalue weighted by atomic mass is 10.0. The topological polar surface area (TPSA) is 56.7 Å². The Labute approximate surface area is 123 Å². The molecule has 20 heavy (non-hydrogen) atoms. The van der Waals surface area contributed by atoms with Crippen LogP contribution in [0.3, 0.4) is 0 Å². The van der Waals surface area contributed by atoms with E-state index in [1.165, 1.54) is 12.8 Å². The predicted octanol–water partition coefficient (Wildman–Crippen LogP) is 1.60. The average molecular weight is 282 g/mol. The molecule has 1 atom stereocenters. The Morgan fingerprint density at radius 1 is 1.40 bits per heavy atom. The van der Waals surface area contributed by atoms with E-state index in [0.717, 1.165) is 32.0 Å². The predicted molar refractivity (Wildman–Crippen MR) is 83.8 cm³/mol. The molecular weight excluding hydrogens is 252 g/mol. The van der Waals surface area contributed by atoms with E-state index in [1.807, 2.05) is 7.05 Å². The molecule has 1 rings (SSSR count). The van der Waals surface area contributed by atoms with E-state index in [2.05, 4.69) is 36.4 Å². The van der Waals surface area contributed by atoms with Gasteiger partial charge in [0, 0.05) is 39.1 Å². The molecule has 0 aromatic rings. The van der Waals surface area contributed by atoms with Crippen LogP contribution in [0.15, 0.2) is 4.99 Å². The summed E-state index contributed by atoms with van der Waals surface area (Å²) in [4.78, 5) is 18.0. The van der Waals surface area contributed by atoms with Crippen LogP contribution in [0, 0.1) is 5.92 Å². The minimum atomic E-state index is 0.238. The molecule has 0 aromatic carbocycles. The number of likely N-dealkylation sites (tertiary alicyclic amines) is 1. The van der Waals surface area contributed by atoms with Crippen LogP contribution in [0.1, 0.15) is 46.5 Å². The molecule has 1 unspecified atom stereocenters. The molecule has 0 saturated carbocycles. The molecule has 1 fully saturated rings. The van der Waals surface area contributed by atoms with E-state index in [0.29, 0.717) is 18.4 Å². The minimum Gasteiger partial charge on any atom is -0.357 e. The third-order valence-electron chi connectivity index (χ3n) is 3.97. The van der Waals surface area contributed by atoms with Gasteiger partial charge in [-0.3, -0.25) is 9.79 Å². The van der Waals surface area contributed by atoms with Crippen LogP contribution in [0.5, 0.6) is 0 Å². The smallest absolute Gasteiger partial charge is 0.222 e. The van der Waals surface area contributed by atoms with Crippen LogP contribution in [0.4, 0.5) is 0 Å². The fourth-order valence-corrected chi connectivity index (χ4v) is 2.41. The Hall–Kier alpha value is -1.26. The maximum absolute atomic E-state index is 11.5. The molecule has 5 heteroatoms. The van der Waals surface area contributed by atoms with E-state index in [1.54, 1.807) is 4.90 Å². The molecule has 0 spiro atoms. The Morgan fingerprint density at radius 3 is 2.65 bits per heavy atom. The highest BCUT2D eigenvalue weighted by Crippen LogP contribution is 2.10. The van der Waals surface area contributed by atoms with Crippen LogP contribution in [0.25, 0.3) is 0 Å². The number of guanidine groups is 1. The van der Waals surface area contributed by atoms with Gasteiger partial charge in [-0.1, -0.05) is 26.7 Å². The van der Waals surface area contributed by atoms with Gasteiger partial charge < -0.3 is 15.5 Å². The van der Waals surface area contributed by atoms with Crippen molar-refractivity contribution < 1.29 is 4.79 Å². The first-order valence-electron chi connectivity index (χ1n) is 7.89. The molecule has 1 aliphatic rings. The molecule has 0 aromatic heterocycles. The van der Waals surface area contributed by atoms with Gasteiger partial charge >= 0.3 is 0 Å². The van der Waals surface area contributed by atoms with Gasteiger partial charge in [-0.2, -0.15) is 0 Å². The number of likely N-dealkylation sites (N-methyl/N-ethyl adjacent to an activating group) is 1. The Balaban J connectivity index is 2.53. The van der Waals surface area contributed by atoms with Crippen molar-refractivity contribution >= 4 is 11.9 Å². The molecule has 0 aliphatic carbocycles. The molecule has 0 radical (unpaired) electrons. The maximum atomic E-state index is 11.5. The Morgan fingerprint density at radius 2 is 2.10 bits per heavy atom. The first-order valence-corrected chi connectivity index (χ1v) is 7.89. The van der Waals surface area contributed by atoms with Gasteiger partial charge in [0.1, 0.15) is 0 Å². The van der Waals surface area contributed by atoms with Gasteiger partial charge in [-0.15, -0.1) is 0 Å². The molecule has 0 bridgehead atoms. The summed E-state index contributed by atoms with van der Waals surface area (Å²) in [6.45, 7) is 8.98. The van der Waals surface area contributed by atoms with Gasteiger partial charge in [-0.05, 0) is 19.3 Å². The standard InChI is InChI=1S/C15H30N4O/c1-5-12(6-2)10-17-15(16-7-3)18-13-8-9-14(20)19(4)11-13/h12-13H,5-11H2,1-4H3,(H2,16,17,18). The van der Waals surface area contributed by atoms with E-state index in [-0.39, 0.29) is 5.91 Å². The number of hydrogen-bond donors (Lipinski definition) is 2. The second kappa shape index (κ2) is 8.82. The van der Waals surface area contributed by atoms with E-state index in [9.17, 15) is 4.79 Å². The van der Waals surface area contributed by atoms with E-state index < -0.39 is 0 Å². The van der Waals surface area contributed by atoms with E-state index in [4.69, 9.17) is 0 Å². The number of hydrogen-bond acceptors (Lipinski definition) is 2. The lowest BCUT2D eigenvalue weighted by molar-refractivity contribution is -0.132. The summed E-state index contributed by atoms with van der Waals surface area (Å²) >= 11 is 0. The number of nitrogens with zero attached hydrogens (tertiary/aromatic N) is 2. The van der Waals surface area contributed by atoms with Gasteiger partial charge in [0.15, 0.2) is 5.96 Å². The second-order valence-corrected chi connectivity index (χ2v) is 5.56. The zero-order valence-electron chi connectivity index (χ0n) is 13.4. The SMILES string of the molecule is CCNC(=NCC(CC)CC)NC1CCC(=O)N(C)C1. The number of amides is 1. The van der Waals surface area contributed by atoms with Crippen LogP contribution in [-0.4, -0.2) is 49.5 Å². The molecule has 5 nitrogen and oxygen atoms in total. The third kappa shape index (κ3) is 5.39. The molecule has 2 N–H and O–H groups in total. The van der Waals surface area contributed by atoms with Crippen LogP contribution >= 0.6 is 0 Å². The normalized spacial score (nSPS) is 20.4. The van der Waals surface area contributed by atoms with Crippen molar-refractivity contribution in [1.82, 2.24) is 15.5 Å². The van der Waals surface area contributed by atoms with Crippen molar-refractivity contribution in [3.63, 3.8) is 0 Å². The molecule has 116 valence electrons. The van der Waals surface area contributed by atoms with Gasteiger partial charge in [0.2, 0.25) is 5.91 Å². The van der Waals surface area contributed by atoms with Crippen molar-refractivity contribution in [3.05, 3.63) is 0 Å². The molecular formula is C15H30N4O. The Bertz CT molecular complexity index is 326. The minimum absolute atomic E-state index is 0.238. The largest absolute Gasteiger partial charge is 0.357 e. The summed E-state index contributed by atoms with van der Waals surface area (Å²) < 4.78 is 0. The third-order valence-corrected chi connectivity index (χ3v) is 3.97. The van der Waals surface area contributed by atoms with Crippen molar-refractivity contribution in [3.8, 4) is 0 Å². The average Bonchev–Trinajstić information content (AvgIpc) is 2.44. The number of nitrogens with one attached hydrogen (secondary N) is 2. The number of carbonyl (C=O) groups is 1. The van der Waals surface area contributed by atoms with Crippen molar-refractivity contribution in [2.45, 2.75) is 52.5 Å². The number of rotatable bonds is 6. The lowest BCUT2D eigenvalue weighted by Crippen LogP contribution is -2.51. The van der Waals surface area contributed by atoms with Crippen LogP contribution in [-0.2, 0) is 4.79 Å². The monoisotopic (exact) mass is 282 g/mol. The van der Waals surface area contributed by atoms with Gasteiger partial charge in [0.05, 0.1) is 0 Å². The summed E-state index contributed by atoms with van der Waals surface area (Å²) in [6.07, 6.45) is 3.85. The van der Waals surface area contributed by atoms with Crippen LogP contribution in [0.2, 0.25) is 0 Å². The lowest BCUT2D eigenvalue weighted by Gasteiger charge is -2.31. The molecule has 1 amide bonds. The fourth-order valence-electron chi connectivity index (χ4n) is 2.41. The molecule has 1 heterocycles. The molecule has 1 saturated heterocycles. The number of aliphatic imine (C=N–C) groups is 1. The van der Waals surface area contributed by atoms with Crippen LogP contribution < -0.4 is 10.6 Å².